The van der Waals surface area contributed by atoms with Crippen molar-refractivity contribution < 1.29 is 23.8 Å². The molecule has 0 saturated carbocycles. The molecule has 3 aromatic rings. The Kier molecular flexibility index (Phi) is 8.71. The van der Waals surface area contributed by atoms with Gasteiger partial charge in [-0.15, -0.1) is 0 Å². The molecule has 0 spiro atoms. The monoisotopic (exact) mass is 488 g/mol. The van der Waals surface area contributed by atoms with E-state index in [-0.39, 0.29) is 18.0 Å². The van der Waals surface area contributed by atoms with Crippen LogP contribution in [0.5, 0.6) is 11.5 Å². The summed E-state index contributed by atoms with van der Waals surface area (Å²) in [4.78, 5) is 27.0. The van der Waals surface area contributed by atoms with Crippen LogP contribution < -0.4 is 9.47 Å². The van der Waals surface area contributed by atoms with Gasteiger partial charge < -0.3 is 18.8 Å². The van der Waals surface area contributed by atoms with E-state index in [4.69, 9.17) is 14.2 Å². The Hall–Kier alpha value is -3.68. The number of benzene rings is 2. The summed E-state index contributed by atoms with van der Waals surface area (Å²) in [6.45, 7) is 4.79. The molecule has 1 aromatic heterocycles. The van der Waals surface area contributed by atoms with Crippen molar-refractivity contribution in [1.82, 2.24) is 9.47 Å². The Bertz CT molecular complexity index is 1270. The third kappa shape index (κ3) is 6.93. The first-order chi connectivity index (χ1) is 17.5. The second-order valence-electron chi connectivity index (χ2n) is 8.73. The summed E-state index contributed by atoms with van der Waals surface area (Å²) in [7, 11) is 3.56. The van der Waals surface area contributed by atoms with E-state index < -0.39 is 0 Å². The van der Waals surface area contributed by atoms with Crippen LogP contribution in [0.4, 0.5) is 0 Å². The van der Waals surface area contributed by atoms with Crippen molar-refractivity contribution in [2.45, 2.75) is 6.42 Å². The van der Waals surface area contributed by atoms with Crippen molar-refractivity contribution in [2.75, 3.05) is 46.6 Å². The first-order valence-electron chi connectivity index (χ1n) is 12.1. The zero-order valence-electron chi connectivity index (χ0n) is 20.8. The van der Waals surface area contributed by atoms with Crippen molar-refractivity contribution in [3.05, 3.63) is 71.9 Å². The molecule has 0 unspecified atom stereocenters. The summed E-state index contributed by atoms with van der Waals surface area (Å²) < 4.78 is 18.7. The number of methoxy groups -OCH3 is 1. The summed E-state index contributed by atoms with van der Waals surface area (Å²) in [5, 5.41) is 1.14. The van der Waals surface area contributed by atoms with Gasteiger partial charge in [0.05, 0.1) is 26.7 Å². The highest BCUT2D eigenvalue weighted by molar-refractivity contribution is 6.11. The van der Waals surface area contributed by atoms with E-state index in [1.807, 2.05) is 54.2 Å². The minimum atomic E-state index is -0.268. The molecule has 7 heteroatoms. The van der Waals surface area contributed by atoms with Crippen molar-refractivity contribution in [2.24, 2.45) is 7.05 Å². The summed E-state index contributed by atoms with van der Waals surface area (Å²) in [5.74, 6) is 0.797. The van der Waals surface area contributed by atoms with Crippen LogP contribution in [0.3, 0.4) is 0 Å². The van der Waals surface area contributed by atoms with E-state index in [0.29, 0.717) is 18.1 Å². The molecule has 4 rings (SSSR count). The molecule has 0 N–H and O–H groups in total. The highest BCUT2D eigenvalue weighted by atomic mass is 16.5. The number of rotatable bonds is 11. The van der Waals surface area contributed by atoms with Crippen LogP contribution in [-0.4, -0.2) is 67.6 Å². The third-order valence-electron chi connectivity index (χ3n) is 6.16. The average molecular weight is 489 g/mol. The Morgan fingerprint density at radius 3 is 2.56 bits per heavy atom. The van der Waals surface area contributed by atoms with Gasteiger partial charge in [0.2, 0.25) is 0 Å². The number of carbonyl (C=O) groups excluding carboxylic acids is 2. The molecule has 2 aromatic carbocycles. The van der Waals surface area contributed by atoms with Crippen LogP contribution in [0.15, 0.2) is 60.8 Å². The number of allylic oxidation sites excluding steroid dienone is 2. The van der Waals surface area contributed by atoms with E-state index in [1.165, 1.54) is 12.2 Å². The molecule has 188 valence electrons. The highest BCUT2D eigenvalue weighted by Gasteiger charge is 2.11. The second-order valence-corrected chi connectivity index (χ2v) is 8.73. The third-order valence-corrected chi connectivity index (χ3v) is 6.16. The summed E-state index contributed by atoms with van der Waals surface area (Å²) in [6, 6.07) is 13.5. The minimum absolute atomic E-state index is 0.190. The lowest BCUT2D eigenvalue weighted by molar-refractivity contribution is -0.121. The summed E-state index contributed by atoms with van der Waals surface area (Å²) in [6.07, 6.45) is 8.09. The zero-order valence-corrected chi connectivity index (χ0v) is 20.8. The molecule has 1 fully saturated rings. The fourth-order valence-corrected chi connectivity index (χ4v) is 4.08. The van der Waals surface area contributed by atoms with Gasteiger partial charge in [-0.3, -0.25) is 14.5 Å². The van der Waals surface area contributed by atoms with E-state index >= 15 is 0 Å². The standard InChI is InChI=1S/C29H32N2O5/c1-30-12-11-23-5-3-22(19-28(23)30)4-8-25(32)20-26(33)9-6-24-7-10-27(21-29(24)34-2)36-18-15-31-13-16-35-17-14-31/h3-12,19,21H,13-18,20H2,1-2H3. The number of hydrogen-bond donors (Lipinski definition) is 0. The Labute approximate surface area is 211 Å². The van der Waals surface area contributed by atoms with Crippen molar-refractivity contribution in [3.63, 3.8) is 0 Å². The van der Waals surface area contributed by atoms with E-state index in [9.17, 15) is 9.59 Å². The average Bonchev–Trinajstić information content (AvgIpc) is 3.27. The fraction of sp³-hybridized carbons (Fsp3) is 0.310. The van der Waals surface area contributed by atoms with Gasteiger partial charge in [-0.25, -0.2) is 0 Å². The predicted molar refractivity (Wildman–Crippen MR) is 141 cm³/mol. The molecule has 1 aliphatic heterocycles. The number of aromatic nitrogens is 1. The largest absolute Gasteiger partial charge is 0.496 e. The van der Waals surface area contributed by atoms with Gasteiger partial charge in [0.1, 0.15) is 18.1 Å². The minimum Gasteiger partial charge on any atom is -0.496 e. The topological polar surface area (TPSA) is 70.0 Å². The Morgan fingerprint density at radius 1 is 1.00 bits per heavy atom. The van der Waals surface area contributed by atoms with Crippen molar-refractivity contribution >= 4 is 34.6 Å². The molecular formula is C29H32N2O5. The number of hydrogen-bond acceptors (Lipinski definition) is 6. The first-order valence-corrected chi connectivity index (χ1v) is 12.1. The molecule has 1 aliphatic rings. The number of ketones is 2. The molecule has 36 heavy (non-hydrogen) atoms. The SMILES string of the molecule is COc1cc(OCCN2CCOCC2)ccc1C=CC(=O)CC(=O)C=Cc1ccc2ccn(C)c2c1. The molecule has 0 radical (unpaired) electrons. The predicted octanol–water partition coefficient (Wildman–Crippen LogP) is 4.15. The smallest absolute Gasteiger partial charge is 0.163 e. The van der Waals surface area contributed by atoms with E-state index in [2.05, 4.69) is 4.90 Å². The lowest BCUT2D eigenvalue weighted by Crippen LogP contribution is -2.38. The normalized spacial score (nSPS) is 14.6. The van der Waals surface area contributed by atoms with Crippen LogP contribution in [-0.2, 0) is 21.4 Å². The maximum Gasteiger partial charge on any atom is 0.163 e. The first kappa shape index (κ1) is 25.4. The number of fused-ring (bicyclic) bond motifs is 1. The van der Waals surface area contributed by atoms with Gasteiger partial charge in [0, 0.05) is 50.0 Å². The maximum atomic E-state index is 12.4. The zero-order chi connectivity index (χ0) is 25.3. The quantitative estimate of drug-likeness (QED) is 0.298. The van der Waals surface area contributed by atoms with Crippen LogP contribution in [0.2, 0.25) is 0 Å². The molecule has 2 heterocycles. The lowest BCUT2D eigenvalue weighted by atomic mass is 10.1. The molecule has 0 amide bonds. The van der Waals surface area contributed by atoms with Crippen LogP contribution in [0.1, 0.15) is 17.5 Å². The number of ether oxygens (including phenoxy) is 3. The van der Waals surface area contributed by atoms with Crippen LogP contribution >= 0.6 is 0 Å². The summed E-state index contributed by atoms with van der Waals surface area (Å²) >= 11 is 0. The molecule has 0 aliphatic carbocycles. The number of carbonyl (C=O) groups is 2. The molecule has 0 bridgehead atoms. The van der Waals surface area contributed by atoms with Gasteiger partial charge in [-0.1, -0.05) is 18.2 Å². The second kappa shape index (κ2) is 12.3. The van der Waals surface area contributed by atoms with Gasteiger partial charge in [-0.05, 0) is 53.4 Å². The van der Waals surface area contributed by atoms with Crippen LogP contribution in [0.25, 0.3) is 23.1 Å². The number of morpholine rings is 1. The molecular weight excluding hydrogens is 456 g/mol. The highest BCUT2D eigenvalue weighted by Crippen LogP contribution is 2.26. The van der Waals surface area contributed by atoms with Crippen molar-refractivity contribution in [1.29, 1.82) is 0 Å². The number of nitrogens with zero attached hydrogens (tertiary/aromatic N) is 2. The lowest BCUT2D eigenvalue weighted by Gasteiger charge is -2.26. The summed E-state index contributed by atoms with van der Waals surface area (Å²) in [5.41, 5.74) is 2.74. The van der Waals surface area contributed by atoms with E-state index in [1.54, 1.807) is 25.3 Å². The Morgan fingerprint density at radius 2 is 1.78 bits per heavy atom. The van der Waals surface area contributed by atoms with Gasteiger partial charge in [0.25, 0.3) is 0 Å². The van der Waals surface area contributed by atoms with Crippen LogP contribution in [0, 0.1) is 0 Å². The van der Waals surface area contributed by atoms with Gasteiger partial charge in [-0.2, -0.15) is 0 Å². The molecule has 0 atom stereocenters. The fourth-order valence-electron chi connectivity index (χ4n) is 4.08. The van der Waals surface area contributed by atoms with E-state index in [0.717, 1.165) is 54.9 Å². The molecule has 7 nitrogen and oxygen atoms in total. The van der Waals surface area contributed by atoms with Gasteiger partial charge >= 0.3 is 0 Å². The van der Waals surface area contributed by atoms with Gasteiger partial charge in [0.15, 0.2) is 11.6 Å². The van der Waals surface area contributed by atoms with Crippen molar-refractivity contribution in [3.8, 4) is 11.5 Å². The Balaban J connectivity index is 1.28. The molecule has 1 saturated heterocycles. The maximum absolute atomic E-state index is 12.4. The number of aryl methyl sites for hydroxylation is 1.